The molecule has 2 aromatic heterocycles. The fourth-order valence-corrected chi connectivity index (χ4v) is 2.64. The van der Waals surface area contributed by atoms with Gasteiger partial charge in [-0.2, -0.15) is 0 Å². The van der Waals surface area contributed by atoms with Crippen molar-refractivity contribution >= 4 is 16.5 Å². The van der Waals surface area contributed by atoms with Crippen LogP contribution < -0.4 is 5.32 Å². The van der Waals surface area contributed by atoms with Crippen molar-refractivity contribution in [1.82, 2.24) is 15.2 Å². The topological polar surface area (TPSA) is 50.7 Å². The van der Waals surface area contributed by atoms with Crippen LogP contribution in [0, 0.1) is 5.82 Å². The molecule has 0 aliphatic carbocycles. The summed E-state index contributed by atoms with van der Waals surface area (Å²) in [6.07, 6.45) is 3.99. The summed E-state index contributed by atoms with van der Waals surface area (Å²) in [7, 11) is 0. The Morgan fingerprint density at radius 2 is 2.00 bits per heavy atom. The normalized spacial score (nSPS) is 10.5. The number of nitrogens with zero attached hydrogens (tertiary/aromatic N) is 3. The van der Waals surface area contributed by atoms with Crippen LogP contribution >= 0.6 is 11.3 Å². The third-order valence-electron chi connectivity index (χ3n) is 2.93. The van der Waals surface area contributed by atoms with Crippen molar-refractivity contribution in [3.05, 3.63) is 70.7 Å². The summed E-state index contributed by atoms with van der Waals surface area (Å²) in [5.74, 6) is -0.211. The third kappa shape index (κ3) is 3.61. The van der Waals surface area contributed by atoms with E-state index in [1.807, 2.05) is 18.2 Å². The molecule has 0 unspecified atom stereocenters. The first-order valence-electron chi connectivity index (χ1n) is 6.50. The highest BCUT2D eigenvalue weighted by Gasteiger charge is 2.08. The number of pyridine rings is 1. The average molecular weight is 300 g/mol. The van der Waals surface area contributed by atoms with Crippen LogP contribution in [0.3, 0.4) is 0 Å². The van der Waals surface area contributed by atoms with Crippen molar-refractivity contribution < 1.29 is 4.39 Å². The van der Waals surface area contributed by atoms with Gasteiger partial charge < -0.3 is 5.32 Å². The lowest BCUT2D eigenvalue weighted by Crippen LogP contribution is -1.98. The van der Waals surface area contributed by atoms with Gasteiger partial charge in [-0.05, 0) is 23.3 Å². The number of halogens is 1. The second kappa shape index (κ2) is 6.41. The Hall–Kier alpha value is -2.34. The Kier molecular flexibility index (Phi) is 4.16. The molecule has 106 valence electrons. The predicted molar refractivity (Wildman–Crippen MR) is 80.7 cm³/mol. The molecule has 0 bridgehead atoms. The van der Waals surface area contributed by atoms with Crippen molar-refractivity contribution in [2.24, 2.45) is 0 Å². The third-order valence-corrected chi connectivity index (χ3v) is 3.81. The first kappa shape index (κ1) is 13.6. The number of benzene rings is 1. The molecule has 0 spiro atoms. The van der Waals surface area contributed by atoms with Crippen LogP contribution in [0.1, 0.15) is 16.1 Å². The van der Waals surface area contributed by atoms with Crippen molar-refractivity contribution in [2.75, 3.05) is 5.32 Å². The zero-order chi connectivity index (χ0) is 14.5. The highest BCUT2D eigenvalue weighted by Crippen LogP contribution is 2.20. The molecule has 4 nitrogen and oxygen atoms in total. The smallest absolute Gasteiger partial charge is 0.205 e. The van der Waals surface area contributed by atoms with E-state index in [1.54, 1.807) is 24.5 Å². The van der Waals surface area contributed by atoms with E-state index in [9.17, 15) is 4.39 Å². The Bertz CT molecular complexity index is 714. The number of hydrogen-bond acceptors (Lipinski definition) is 5. The van der Waals surface area contributed by atoms with Gasteiger partial charge in [-0.25, -0.2) is 4.39 Å². The lowest BCUT2D eigenvalue weighted by molar-refractivity contribution is 0.613. The van der Waals surface area contributed by atoms with Gasteiger partial charge in [-0.15, -0.1) is 10.2 Å². The maximum atomic E-state index is 13.6. The van der Waals surface area contributed by atoms with Gasteiger partial charge in [0.05, 0.1) is 0 Å². The highest BCUT2D eigenvalue weighted by atomic mass is 32.1. The van der Waals surface area contributed by atoms with Crippen LogP contribution in [0.25, 0.3) is 0 Å². The van der Waals surface area contributed by atoms with Gasteiger partial charge in [0.2, 0.25) is 5.13 Å². The molecule has 2 heterocycles. The van der Waals surface area contributed by atoms with Gasteiger partial charge in [0.15, 0.2) is 0 Å². The molecular weight excluding hydrogens is 287 g/mol. The zero-order valence-corrected chi connectivity index (χ0v) is 12.0. The molecule has 0 saturated carbocycles. The van der Waals surface area contributed by atoms with Crippen molar-refractivity contribution in [2.45, 2.75) is 13.0 Å². The van der Waals surface area contributed by atoms with E-state index in [1.165, 1.54) is 17.4 Å². The Balaban J connectivity index is 1.63. The fourth-order valence-electron chi connectivity index (χ4n) is 1.88. The number of anilines is 1. The van der Waals surface area contributed by atoms with Gasteiger partial charge >= 0.3 is 0 Å². The Labute approximate surface area is 125 Å². The summed E-state index contributed by atoms with van der Waals surface area (Å²) in [6, 6.07) is 10.6. The van der Waals surface area contributed by atoms with E-state index in [2.05, 4.69) is 20.5 Å². The number of nitrogens with one attached hydrogen (secondary N) is 1. The fraction of sp³-hybridized carbons (Fsp3) is 0.133. The minimum absolute atomic E-state index is 0.211. The lowest BCUT2D eigenvalue weighted by atomic mass is 10.1. The molecule has 3 rings (SSSR count). The predicted octanol–water partition coefficient (Wildman–Crippen LogP) is 3.28. The maximum Gasteiger partial charge on any atom is 0.205 e. The van der Waals surface area contributed by atoms with E-state index in [0.29, 0.717) is 18.5 Å². The van der Waals surface area contributed by atoms with E-state index >= 15 is 0 Å². The monoisotopic (exact) mass is 300 g/mol. The Morgan fingerprint density at radius 3 is 2.81 bits per heavy atom. The molecule has 3 aromatic rings. The van der Waals surface area contributed by atoms with Crippen LogP contribution in [0.15, 0.2) is 48.8 Å². The van der Waals surface area contributed by atoms with Crippen LogP contribution in [0.5, 0.6) is 0 Å². The molecule has 0 fully saturated rings. The summed E-state index contributed by atoms with van der Waals surface area (Å²) in [6.45, 7) is 0.641. The first-order chi connectivity index (χ1) is 10.3. The average Bonchev–Trinajstić information content (AvgIpc) is 2.96. The summed E-state index contributed by atoms with van der Waals surface area (Å²) in [5.41, 5.74) is 1.70. The number of aromatic nitrogens is 3. The number of hydrogen-bond donors (Lipinski definition) is 1. The SMILES string of the molecule is Fc1ccccc1Cc1nnc(NCc2cccnc2)s1. The largest absolute Gasteiger partial charge is 0.356 e. The minimum atomic E-state index is -0.211. The molecule has 6 heteroatoms. The molecule has 0 amide bonds. The van der Waals surface area contributed by atoms with E-state index in [0.717, 1.165) is 15.7 Å². The zero-order valence-electron chi connectivity index (χ0n) is 11.2. The summed E-state index contributed by atoms with van der Waals surface area (Å²) in [5, 5.41) is 12.9. The molecule has 0 radical (unpaired) electrons. The quantitative estimate of drug-likeness (QED) is 0.785. The van der Waals surface area contributed by atoms with Crippen LogP contribution in [0.4, 0.5) is 9.52 Å². The molecule has 0 aliphatic heterocycles. The standard InChI is InChI=1S/C15H13FN4S/c16-13-6-2-1-5-12(13)8-14-19-20-15(21-14)18-10-11-4-3-7-17-9-11/h1-7,9H,8,10H2,(H,18,20). The lowest BCUT2D eigenvalue weighted by Gasteiger charge is -2.00. The maximum absolute atomic E-state index is 13.6. The van der Waals surface area contributed by atoms with Gasteiger partial charge in [-0.3, -0.25) is 4.98 Å². The minimum Gasteiger partial charge on any atom is -0.356 e. The molecule has 0 saturated heterocycles. The van der Waals surface area contributed by atoms with Gasteiger partial charge in [-0.1, -0.05) is 35.6 Å². The van der Waals surface area contributed by atoms with Crippen LogP contribution in [-0.2, 0) is 13.0 Å². The molecule has 0 atom stereocenters. The van der Waals surface area contributed by atoms with E-state index in [-0.39, 0.29) is 5.82 Å². The van der Waals surface area contributed by atoms with Gasteiger partial charge in [0.25, 0.3) is 0 Å². The summed E-state index contributed by atoms with van der Waals surface area (Å²) < 4.78 is 13.6. The highest BCUT2D eigenvalue weighted by molar-refractivity contribution is 7.15. The summed E-state index contributed by atoms with van der Waals surface area (Å²) >= 11 is 1.44. The van der Waals surface area contributed by atoms with Crippen LogP contribution in [-0.4, -0.2) is 15.2 Å². The molecule has 1 aromatic carbocycles. The molecule has 21 heavy (non-hydrogen) atoms. The number of rotatable bonds is 5. The Morgan fingerprint density at radius 1 is 1.10 bits per heavy atom. The van der Waals surface area contributed by atoms with Crippen molar-refractivity contribution in [1.29, 1.82) is 0 Å². The molecular formula is C15H13FN4S. The van der Waals surface area contributed by atoms with Crippen molar-refractivity contribution in [3.63, 3.8) is 0 Å². The van der Waals surface area contributed by atoms with Crippen molar-refractivity contribution in [3.8, 4) is 0 Å². The second-order valence-electron chi connectivity index (χ2n) is 4.48. The van der Waals surface area contributed by atoms with Gasteiger partial charge in [0.1, 0.15) is 10.8 Å². The van der Waals surface area contributed by atoms with Crippen LogP contribution in [0.2, 0.25) is 0 Å². The first-order valence-corrected chi connectivity index (χ1v) is 7.31. The molecule has 1 N–H and O–H groups in total. The van der Waals surface area contributed by atoms with E-state index in [4.69, 9.17) is 0 Å². The second-order valence-corrected chi connectivity index (χ2v) is 5.55. The molecule has 0 aliphatic rings. The van der Waals surface area contributed by atoms with Gasteiger partial charge in [0, 0.05) is 25.4 Å². The van der Waals surface area contributed by atoms with E-state index < -0.39 is 0 Å². The summed E-state index contributed by atoms with van der Waals surface area (Å²) in [4.78, 5) is 4.05.